The Morgan fingerprint density at radius 3 is 3.00 bits per heavy atom. The van der Waals surface area contributed by atoms with E-state index >= 15 is 0 Å². The molecule has 0 bridgehead atoms. The van der Waals surface area contributed by atoms with Gasteiger partial charge in [0.15, 0.2) is 5.65 Å². The minimum atomic E-state index is 0.0536. The average Bonchev–Trinajstić information content (AvgIpc) is 3.21. The quantitative estimate of drug-likeness (QED) is 0.939. The van der Waals surface area contributed by atoms with Gasteiger partial charge in [-0.25, -0.2) is 9.67 Å². The lowest BCUT2D eigenvalue weighted by Crippen LogP contribution is -2.38. The third kappa shape index (κ3) is 2.83. The van der Waals surface area contributed by atoms with Crippen LogP contribution in [-0.2, 0) is 0 Å². The van der Waals surface area contributed by atoms with Crippen molar-refractivity contribution in [1.29, 1.82) is 0 Å². The SMILES string of the molecule is CCC(C)n1ncc2c(C(=O)N(C)C3CCNC3)cc(C)nc21. The third-order valence-corrected chi connectivity index (χ3v) is 4.84. The zero-order valence-corrected chi connectivity index (χ0v) is 14.3. The Labute approximate surface area is 136 Å². The lowest BCUT2D eigenvalue weighted by Gasteiger charge is -2.24. The number of carbonyl (C=O) groups excluding carboxylic acids is 1. The number of aryl methyl sites for hydroxylation is 1. The molecule has 1 saturated heterocycles. The van der Waals surface area contributed by atoms with Gasteiger partial charge in [0.25, 0.3) is 5.91 Å². The molecule has 6 heteroatoms. The number of carbonyl (C=O) groups is 1. The van der Waals surface area contributed by atoms with Crippen LogP contribution in [0.4, 0.5) is 0 Å². The lowest BCUT2D eigenvalue weighted by atomic mass is 10.1. The van der Waals surface area contributed by atoms with E-state index in [1.165, 1.54) is 0 Å². The summed E-state index contributed by atoms with van der Waals surface area (Å²) in [7, 11) is 1.89. The first-order chi connectivity index (χ1) is 11.0. The summed E-state index contributed by atoms with van der Waals surface area (Å²) in [5.41, 5.74) is 2.36. The molecular formula is C17H25N5O. The molecule has 1 amide bonds. The predicted octanol–water partition coefficient (Wildman–Crippen LogP) is 2.14. The minimum Gasteiger partial charge on any atom is -0.337 e. The zero-order chi connectivity index (χ0) is 16.6. The Kier molecular flexibility index (Phi) is 4.35. The van der Waals surface area contributed by atoms with Gasteiger partial charge in [-0.2, -0.15) is 5.10 Å². The van der Waals surface area contributed by atoms with E-state index in [0.29, 0.717) is 5.56 Å². The molecular weight excluding hydrogens is 290 g/mol. The van der Waals surface area contributed by atoms with Crippen LogP contribution in [-0.4, -0.2) is 51.8 Å². The molecule has 1 fully saturated rings. The molecule has 2 unspecified atom stereocenters. The number of rotatable bonds is 4. The van der Waals surface area contributed by atoms with Gasteiger partial charge in [0, 0.05) is 25.3 Å². The van der Waals surface area contributed by atoms with E-state index in [-0.39, 0.29) is 18.0 Å². The molecule has 3 rings (SSSR count). The Balaban J connectivity index is 2.03. The van der Waals surface area contributed by atoms with Gasteiger partial charge >= 0.3 is 0 Å². The number of fused-ring (bicyclic) bond motifs is 1. The summed E-state index contributed by atoms with van der Waals surface area (Å²) in [4.78, 5) is 19.5. The van der Waals surface area contributed by atoms with Gasteiger partial charge in [-0.1, -0.05) is 6.92 Å². The van der Waals surface area contributed by atoms with Crippen molar-refractivity contribution in [3.8, 4) is 0 Å². The summed E-state index contributed by atoms with van der Waals surface area (Å²) < 4.78 is 1.93. The number of nitrogens with zero attached hydrogens (tertiary/aromatic N) is 4. The first-order valence-corrected chi connectivity index (χ1v) is 8.35. The number of amides is 1. The van der Waals surface area contributed by atoms with Gasteiger partial charge < -0.3 is 10.2 Å². The number of pyridine rings is 1. The molecule has 6 nitrogen and oxygen atoms in total. The monoisotopic (exact) mass is 315 g/mol. The molecule has 0 spiro atoms. The maximum absolute atomic E-state index is 13.0. The van der Waals surface area contributed by atoms with E-state index in [2.05, 4.69) is 29.2 Å². The van der Waals surface area contributed by atoms with Crippen molar-refractivity contribution in [2.75, 3.05) is 20.1 Å². The van der Waals surface area contributed by atoms with Gasteiger partial charge in [0.05, 0.1) is 23.2 Å². The standard InChI is InChI=1S/C17H25N5O/c1-5-12(3)22-16-15(10-19-22)14(8-11(2)20-16)17(23)21(4)13-6-7-18-9-13/h8,10,12-13,18H,5-7,9H2,1-4H3. The Morgan fingerprint density at radius 2 is 2.35 bits per heavy atom. The number of aromatic nitrogens is 3. The smallest absolute Gasteiger partial charge is 0.254 e. The molecule has 1 N–H and O–H groups in total. The molecule has 0 aliphatic carbocycles. The fourth-order valence-electron chi connectivity index (χ4n) is 3.14. The maximum atomic E-state index is 13.0. The van der Waals surface area contributed by atoms with Gasteiger partial charge in [0.1, 0.15) is 0 Å². The first-order valence-electron chi connectivity index (χ1n) is 8.35. The molecule has 1 aliphatic rings. The molecule has 1 aliphatic heterocycles. The normalized spacial score (nSPS) is 19.2. The first kappa shape index (κ1) is 15.9. The van der Waals surface area contributed by atoms with Crippen molar-refractivity contribution in [3.05, 3.63) is 23.5 Å². The van der Waals surface area contributed by atoms with Crippen molar-refractivity contribution < 1.29 is 4.79 Å². The van der Waals surface area contributed by atoms with Crippen LogP contribution >= 0.6 is 0 Å². The van der Waals surface area contributed by atoms with E-state index in [1.54, 1.807) is 6.20 Å². The van der Waals surface area contributed by atoms with Crippen LogP contribution in [0, 0.1) is 6.92 Å². The predicted molar refractivity (Wildman–Crippen MR) is 90.6 cm³/mol. The summed E-state index contributed by atoms with van der Waals surface area (Å²) >= 11 is 0. The van der Waals surface area contributed by atoms with Crippen LogP contribution in [0.5, 0.6) is 0 Å². The van der Waals surface area contributed by atoms with E-state index < -0.39 is 0 Å². The summed E-state index contributed by atoms with van der Waals surface area (Å²) in [6.07, 6.45) is 3.76. The van der Waals surface area contributed by atoms with Crippen LogP contribution in [0.2, 0.25) is 0 Å². The molecule has 2 aromatic heterocycles. The number of likely N-dealkylation sites (N-methyl/N-ethyl adjacent to an activating group) is 1. The Morgan fingerprint density at radius 1 is 1.57 bits per heavy atom. The lowest BCUT2D eigenvalue weighted by molar-refractivity contribution is 0.0745. The van der Waals surface area contributed by atoms with Crippen molar-refractivity contribution >= 4 is 16.9 Å². The van der Waals surface area contributed by atoms with E-state index in [1.807, 2.05) is 29.6 Å². The molecule has 23 heavy (non-hydrogen) atoms. The summed E-state index contributed by atoms with van der Waals surface area (Å²) in [5.74, 6) is 0.0536. The summed E-state index contributed by atoms with van der Waals surface area (Å²) in [5, 5.41) is 8.64. The highest BCUT2D eigenvalue weighted by Crippen LogP contribution is 2.24. The van der Waals surface area contributed by atoms with Crippen LogP contribution in [0.15, 0.2) is 12.3 Å². The largest absolute Gasteiger partial charge is 0.337 e. The van der Waals surface area contributed by atoms with Crippen molar-refractivity contribution in [1.82, 2.24) is 25.0 Å². The average molecular weight is 315 g/mol. The Hall–Kier alpha value is -1.95. The van der Waals surface area contributed by atoms with Crippen LogP contribution in [0.1, 0.15) is 48.8 Å². The van der Waals surface area contributed by atoms with E-state index in [0.717, 1.165) is 42.7 Å². The Bertz CT molecular complexity index is 717. The topological polar surface area (TPSA) is 63.1 Å². The summed E-state index contributed by atoms with van der Waals surface area (Å²) in [6.45, 7) is 8.01. The number of hydrogen-bond acceptors (Lipinski definition) is 4. The molecule has 0 saturated carbocycles. The second-order valence-electron chi connectivity index (χ2n) is 6.46. The maximum Gasteiger partial charge on any atom is 0.254 e. The highest BCUT2D eigenvalue weighted by Gasteiger charge is 2.26. The van der Waals surface area contributed by atoms with Crippen LogP contribution in [0.25, 0.3) is 11.0 Å². The zero-order valence-electron chi connectivity index (χ0n) is 14.3. The van der Waals surface area contributed by atoms with Gasteiger partial charge in [-0.3, -0.25) is 4.79 Å². The minimum absolute atomic E-state index is 0.0536. The van der Waals surface area contributed by atoms with Gasteiger partial charge in [-0.15, -0.1) is 0 Å². The van der Waals surface area contributed by atoms with Crippen LogP contribution in [0.3, 0.4) is 0 Å². The van der Waals surface area contributed by atoms with Gasteiger partial charge in [0.2, 0.25) is 0 Å². The highest BCUT2D eigenvalue weighted by atomic mass is 16.2. The fourth-order valence-corrected chi connectivity index (χ4v) is 3.14. The van der Waals surface area contributed by atoms with Crippen molar-refractivity contribution in [2.45, 2.75) is 45.7 Å². The number of hydrogen-bond donors (Lipinski definition) is 1. The third-order valence-electron chi connectivity index (χ3n) is 4.84. The highest BCUT2D eigenvalue weighted by molar-refractivity contribution is 6.05. The molecule has 3 heterocycles. The molecule has 2 aromatic rings. The molecule has 0 radical (unpaired) electrons. The second-order valence-corrected chi connectivity index (χ2v) is 6.46. The van der Waals surface area contributed by atoms with E-state index in [4.69, 9.17) is 0 Å². The van der Waals surface area contributed by atoms with Crippen LogP contribution < -0.4 is 5.32 Å². The molecule has 0 aromatic carbocycles. The van der Waals surface area contributed by atoms with Crippen molar-refractivity contribution in [2.24, 2.45) is 0 Å². The summed E-state index contributed by atoms with van der Waals surface area (Å²) in [6, 6.07) is 2.41. The van der Waals surface area contributed by atoms with E-state index in [9.17, 15) is 4.79 Å². The molecule has 2 atom stereocenters. The molecule has 124 valence electrons. The van der Waals surface area contributed by atoms with Gasteiger partial charge in [-0.05, 0) is 39.3 Å². The fraction of sp³-hybridized carbons (Fsp3) is 0.588. The van der Waals surface area contributed by atoms with Crippen molar-refractivity contribution in [3.63, 3.8) is 0 Å². The second kappa shape index (κ2) is 6.28. The number of nitrogens with one attached hydrogen (secondary N) is 1.